The van der Waals surface area contributed by atoms with Gasteiger partial charge in [-0.3, -0.25) is 4.79 Å². The Kier molecular flexibility index (Phi) is 8.09. The monoisotopic (exact) mass is 444 g/mol. The number of ether oxygens (including phenoxy) is 1. The number of carbonyl (C=O) groups is 1. The normalized spacial score (nSPS) is 15.6. The molecule has 1 aromatic carbocycles. The Balaban J connectivity index is 1.77. The summed E-state index contributed by atoms with van der Waals surface area (Å²) in [5.41, 5.74) is 1.66. The highest BCUT2D eigenvalue weighted by Gasteiger charge is 2.16. The van der Waals surface area contributed by atoms with Gasteiger partial charge in [0, 0.05) is 45.6 Å². The van der Waals surface area contributed by atoms with E-state index in [-0.39, 0.29) is 11.4 Å². The second-order valence-corrected chi connectivity index (χ2v) is 7.17. The van der Waals surface area contributed by atoms with Crippen molar-refractivity contribution in [3.63, 3.8) is 0 Å². The van der Waals surface area contributed by atoms with E-state index in [0.29, 0.717) is 29.2 Å². The number of hydrogen-bond acceptors (Lipinski definition) is 8. The van der Waals surface area contributed by atoms with Gasteiger partial charge in [0.05, 0.1) is 5.70 Å². The van der Waals surface area contributed by atoms with E-state index in [1.165, 1.54) is 12.1 Å². The standard InChI is InChI=1S/C22H26F2N6O2/c1-25-14-17(16-3-5-19(6-4-16)32-21(23)24)13-18(15-31)27-20-7-8-26-22(28-20)30-11-9-29(2)10-12-30/h3-8,13-15,21,25H,9-12H2,1-2H3,(H,26,27,28)/b17-14+,18-13+. The molecule has 1 aromatic heterocycles. The second kappa shape index (κ2) is 11.2. The Morgan fingerprint density at radius 1 is 1.16 bits per heavy atom. The minimum absolute atomic E-state index is 0.0581. The maximum atomic E-state index is 12.4. The zero-order valence-electron chi connectivity index (χ0n) is 18.0. The van der Waals surface area contributed by atoms with Crippen LogP contribution in [0.4, 0.5) is 20.5 Å². The van der Waals surface area contributed by atoms with Gasteiger partial charge in [0.2, 0.25) is 5.95 Å². The summed E-state index contributed by atoms with van der Waals surface area (Å²) in [5, 5.41) is 5.95. The van der Waals surface area contributed by atoms with E-state index in [1.54, 1.807) is 43.7 Å². The maximum Gasteiger partial charge on any atom is 0.387 e. The molecular formula is C22H26F2N6O2. The lowest BCUT2D eigenvalue weighted by Gasteiger charge is -2.32. The smallest absolute Gasteiger partial charge is 0.387 e. The highest BCUT2D eigenvalue weighted by molar-refractivity contribution is 5.86. The van der Waals surface area contributed by atoms with E-state index >= 15 is 0 Å². The molecule has 0 radical (unpaired) electrons. The molecule has 0 bridgehead atoms. The van der Waals surface area contributed by atoms with Crippen LogP contribution in [0.15, 0.2) is 54.5 Å². The third kappa shape index (κ3) is 6.48. The van der Waals surface area contributed by atoms with Crippen LogP contribution in [0.5, 0.6) is 5.75 Å². The molecule has 0 aliphatic carbocycles. The molecule has 0 amide bonds. The van der Waals surface area contributed by atoms with Gasteiger partial charge in [0.25, 0.3) is 0 Å². The van der Waals surface area contributed by atoms with Crippen LogP contribution in [0.2, 0.25) is 0 Å². The third-order valence-electron chi connectivity index (χ3n) is 4.85. The first-order valence-electron chi connectivity index (χ1n) is 10.1. The number of alkyl halides is 2. The molecule has 0 atom stereocenters. The van der Waals surface area contributed by atoms with Gasteiger partial charge in [-0.15, -0.1) is 0 Å². The van der Waals surface area contributed by atoms with Gasteiger partial charge in [-0.2, -0.15) is 13.8 Å². The number of likely N-dealkylation sites (N-methyl/N-ethyl adjacent to an activating group) is 1. The van der Waals surface area contributed by atoms with Crippen LogP contribution in [0.3, 0.4) is 0 Å². The molecule has 2 heterocycles. The summed E-state index contributed by atoms with van der Waals surface area (Å²) >= 11 is 0. The van der Waals surface area contributed by atoms with Crippen molar-refractivity contribution < 1.29 is 18.3 Å². The number of piperazine rings is 1. The lowest BCUT2D eigenvalue weighted by molar-refractivity contribution is -0.104. The van der Waals surface area contributed by atoms with Crippen molar-refractivity contribution in [1.82, 2.24) is 20.2 Å². The summed E-state index contributed by atoms with van der Waals surface area (Å²) in [4.78, 5) is 25.0. The number of nitrogens with zero attached hydrogens (tertiary/aromatic N) is 4. The van der Waals surface area contributed by atoms with E-state index in [2.05, 4.69) is 42.2 Å². The predicted octanol–water partition coefficient (Wildman–Crippen LogP) is 2.59. The molecule has 10 heteroatoms. The average molecular weight is 444 g/mol. The Bertz CT molecular complexity index is 957. The zero-order chi connectivity index (χ0) is 22.9. The minimum atomic E-state index is -2.89. The second-order valence-electron chi connectivity index (χ2n) is 7.17. The number of nitrogens with one attached hydrogen (secondary N) is 2. The summed E-state index contributed by atoms with van der Waals surface area (Å²) in [6.07, 6.45) is 5.68. The molecule has 1 aliphatic rings. The SMILES string of the molecule is CN/C=C(\C=C(/C=O)Nc1ccnc(N2CCN(C)CC2)n1)c1ccc(OC(F)F)cc1. The van der Waals surface area contributed by atoms with Crippen molar-refractivity contribution in [1.29, 1.82) is 0 Å². The first-order valence-corrected chi connectivity index (χ1v) is 10.1. The molecule has 170 valence electrons. The van der Waals surface area contributed by atoms with Gasteiger partial charge < -0.3 is 25.2 Å². The molecule has 0 saturated carbocycles. The molecule has 1 fully saturated rings. The predicted molar refractivity (Wildman–Crippen MR) is 120 cm³/mol. The van der Waals surface area contributed by atoms with Crippen molar-refractivity contribution in [3.8, 4) is 5.75 Å². The highest BCUT2D eigenvalue weighted by Crippen LogP contribution is 2.22. The topological polar surface area (TPSA) is 82.6 Å². The van der Waals surface area contributed by atoms with Crippen LogP contribution in [0, 0.1) is 0 Å². The maximum absolute atomic E-state index is 12.4. The number of anilines is 2. The number of carbonyl (C=O) groups excluding carboxylic acids is 1. The van der Waals surface area contributed by atoms with Crippen LogP contribution in [-0.2, 0) is 4.79 Å². The van der Waals surface area contributed by atoms with Gasteiger partial charge in [0.15, 0.2) is 6.29 Å². The molecule has 1 saturated heterocycles. The number of rotatable bonds is 9. The molecule has 1 aliphatic heterocycles. The van der Waals surface area contributed by atoms with Crippen molar-refractivity contribution in [2.45, 2.75) is 6.61 Å². The first-order chi connectivity index (χ1) is 15.5. The molecular weight excluding hydrogens is 418 g/mol. The van der Waals surface area contributed by atoms with E-state index < -0.39 is 6.61 Å². The zero-order valence-corrected chi connectivity index (χ0v) is 18.0. The summed E-state index contributed by atoms with van der Waals surface area (Å²) in [5.74, 6) is 1.16. The van der Waals surface area contributed by atoms with E-state index in [1.807, 2.05) is 0 Å². The molecule has 8 nitrogen and oxygen atoms in total. The minimum Gasteiger partial charge on any atom is -0.435 e. The number of aldehydes is 1. The molecule has 0 spiro atoms. The van der Waals surface area contributed by atoms with Gasteiger partial charge in [-0.05, 0) is 42.5 Å². The lowest BCUT2D eigenvalue weighted by atomic mass is 10.1. The number of hydrogen-bond donors (Lipinski definition) is 2. The van der Waals surface area contributed by atoms with Crippen LogP contribution in [0.1, 0.15) is 5.56 Å². The number of allylic oxidation sites excluding steroid dienone is 3. The van der Waals surface area contributed by atoms with Crippen LogP contribution < -0.4 is 20.3 Å². The van der Waals surface area contributed by atoms with Gasteiger partial charge in [0.1, 0.15) is 11.6 Å². The van der Waals surface area contributed by atoms with Crippen molar-refractivity contribution in [3.05, 3.63) is 60.1 Å². The fraction of sp³-hybridized carbons (Fsp3) is 0.318. The Hall–Kier alpha value is -3.53. The van der Waals surface area contributed by atoms with Gasteiger partial charge in [-0.25, -0.2) is 4.98 Å². The highest BCUT2D eigenvalue weighted by atomic mass is 19.3. The third-order valence-corrected chi connectivity index (χ3v) is 4.85. The van der Waals surface area contributed by atoms with E-state index in [4.69, 9.17) is 0 Å². The van der Waals surface area contributed by atoms with E-state index in [9.17, 15) is 13.6 Å². The fourth-order valence-corrected chi connectivity index (χ4v) is 3.18. The molecule has 32 heavy (non-hydrogen) atoms. The van der Waals surface area contributed by atoms with Crippen LogP contribution in [-0.4, -0.2) is 68.0 Å². The summed E-state index contributed by atoms with van der Waals surface area (Å²) < 4.78 is 29.1. The summed E-state index contributed by atoms with van der Waals surface area (Å²) in [7, 11) is 3.80. The van der Waals surface area contributed by atoms with E-state index in [0.717, 1.165) is 26.2 Å². The van der Waals surface area contributed by atoms with Crippen molar-refractivity contribution >= 4 is 23.6 Å². The molecule has 2 N–H and O–H groups in total. The Morgan fingerprint density at radius 3 is 2.50 bits per heavy atom. The van der Waals surface area contributed by atoms with Crippen LogP contribution in [0.25, 0.3) is 5.57 Å². The quantitative estimate of drug-likeness (QED) is 0.347. The van der Waals surface area contributed by atoms with Gasteiger partial charge in [-0.1, -0.05) is 12.1 Å². The lowest BCUT2D eigenvalue weighted by Crippen LogP contribution is -2.45. The Labute approximate surface area is 185 Å². The summed E-state index contributed by atoms with van der Waals surface area (Å²) in [6.45, 7) is 0.634. The molecule has 0 unspecified atom stereocenters. The number of benzene rings is 1. The number of aromatic nitrogens is 2. The molecule has 3 rings (SSSR count). The fourth-order valence-electron chi connectivity index (χ4n) is 3.18. The van der Waals surface area contributed by atoms with Crippen molar-refractivity contribution in [2.24, 2.45) is 0 Å². The summed E-state index contributed by atoms with van der Waals surface area (Å²) in [6, 6.07) is 7.85. The van der Waals surface area contributed by atoms with Gasteiger partial charge >= 0.3 is 6.61 Å². The first kappa shape index (κ1) is 23.1. The largest absolute Gasteiger partial charge is 0.435 e. The number of halogens is 2. The molecule has 2 aromatic rings. The van der Waals surface area contributed by atoms with Crippen molar-refractivity contribution in [2.75, 3.05) is 50.5 Å². The Morgan fingerprint density at radius 2 is 1.88 bits per heavy atom. The average Bonchev–Trinajstić information content (AvgIpc) is 2.79. The van der Waals surface area contributed by atoms with Crippen LogP contribution >= 0.6 is 0 Å².